The minimum atomic E-state index is -5.99. The van der Waals surface area contributed by atoms with Crippen molar-refractivity contribution in [3.8, 4) is 0 Å². The molecule has 19 heteroatoms. The van der Waals surface area contributed by atoms with Crippen molar-refractivity contribution in [3.05, 3.63) is 41.3 Å². The number of alkyl halides is 12. The number of hydrogen-bond donors (Lipinski definition) is 4. The van der Waals surface area contributed by atoms with E-state index in [1.807, 2.05) is 5.32 Å². The largest absolute Gasteiger partial charge is 0.504 e. The van der Waals surface area contributed by atoms with Crippen molar-refractivity contribution in [3.63, 3.8) is 0 Å². The zero-order valence-corrected chi connectivity index (χ0v) is 17.1. The summed E-state index contributed by atoms with van der Waals surface area (Å²) in [6.45, 7) is 0. The summed E-state index contributed by atoms with van der Waals surface area (Å²) < 4.78 is 155. The van der Waals surface area contributed by atoms with E-state index >= 15 is 0 Å². The van der Waals surface area contributed by atoms with Gasteiger partial charge < -0.3 is 20.8 Å². The van der Waals surface area contributed by atoms with Gasteiger partial charge in [0.1, 0.15) is 0 Å². The highest BCUT2D eigenvalue weighted by molar-refractivity contribution is 6.16. The molecule has 0 saturated carbocycles. The van der Waals surface area contributed by atoms with Gasteiger partial charge in [0.25, 0.3) is 17.3 Å². The zero-order chi connectivity index (χ0) is 28.8. The van der Waals surface area contributed by atoms with E-state index in [2.05, 4.69) is 4.99 Å². The molecular formula is C18H9F12N3O4. The van der Waals surface area contributed by atoms with Crippen molar-refractivity contribution in [1.82, 2.24) is 0 Å². The summed E-state index contributed by atoms with van der Waals surface area (Å²) in [5.41, 5.74) is -11.7. The first-order valence-corrected chi connectivity index (χ1v) is 8.96. The van der Waals surface area contributed by atoms with Crippen LogP contribution in [0.3, 0.4) is 0 Å². The highest BCUT2D eigenvalue weighted by atomic mass is 19.4. The summed E-state index contributed by atoms with van der Waals surface area (Å²) in [5.74, 6) is -9.30. The number of carbonyl (C=O) groups is 2. The molecule has 1 aliphatic heterocycles. The molecule has 204 valence electrons. The zero-order valence-electron chi connectivity index (χ0n) is 17.1. The number of allylic oxidation sites excluding steroid dienone is 2. The summed E-state index contributed by atoms with van der Waals surface area (Å²) in [6, 6.07) is 1.79. The van der Waals surface area contributed by atoms with E-state index in [0.29, 0.717) is 18.2 Å². The smallest absolute Gasteiger partial charge is 0.455 e. The Morgan fingerprint density at radius 3 is 1.89 bits per heavy atom. The number of anilines is 2. The Labute approximate surface area is 195 Å². The standard InChI is InChI=1S/C18H9F12N3O4/c19-15(20,21)11(34)7(12(35)16(22,23)24)4-31-6-1-2-9-10(3-6)33-14(37,18(28,29)30)8(5-32-9)13(36)17(25,26)27/h1-5,32-34,37H. The number of Topliss-reactive ketones (excluding diaryl/α,β-unsaturated/α-hetero) is 2. The highest BCUT2D eigenvalue weighted by Crippen LogP contribution is 2.43. The molecule has 1 unspecified atom stereocenters. The molecule has 0 aliphatic carbocycles. The molecule has 0 saturated heterocycles. The van der Waals surface area contributed by atoms with Gasteiger partial charge in [-0.25, -0.2) is 0 Å². The number of aliphatic hydroxyl groups is 2. The van der Waals surface area contributed by atoms with Gasteiger partial charge in [0.05, 0.1) is 28.2 Å². The molecule has 0 fully saturated rings. The quantitative estimate of drug-likeness (QED) is 0.179. The maximum absolute atomic E-state index is 13.5. The fourth-order valence-electron chi connectivity index (χ4n) is 2.64. The van der Waals surface area contributed by atoms with Gasteiger partial charge in [-0.2, -0.15) is 52.7 Å². The molecule has 4 N–H and O–H groups in total. The van der Waals surface area contributed by atoms with Crippen LogP contribution >= 0.6 is 0 Å². The predicted molar refractivity (Wildman–Crippen MR) is 98.8 cm³/mol. The fourth-order valence-corrected chi connectivity index (χ4v) is 2.64. The second-order valence-corrected chi connectivity index (χ2v) is 6.94. The lowest BCUT2D eigenvalue weighted by atomic mass is 9.98. The lowest BCUT2D eigenvalue weighted by Crippen LogP contribution is -2.56. The number of ketones is 2. The van der Waals surface area contributed by atoms with Gasteiger partial charge in [0.2, 0.25) is 5.76 Å². The maximum atomic E-state index is 13.5. The number of halogens is 12. The number of aliphatic hydroxyl groups excluding tert-OH is 1. The van der Waals surface area contributed by atoms with E-state index in [4.69, 9.17) is 5.11 Å². The number of nitrogens with zero attached hydrogens (tertiary/aromatic N) is 1. The first-order valence-electron chi connectivity index (χ1n) is 8.96. The predicted octanol–water partition coefficient (Wildman–Crippen LogP) is 5.00. The molecule has 1 aromatic carbocycles. The van der Waals surface area contributed by atoms with Crippen LogP contribution < -0.4 is 10.6 Å². The van der Waals surface area contributed by atoms with Gasteiger partial charge >= 0.3 is 24.7 Å². The number of aliphatic imine (C=N–C) groups is 1. The molecule has 0 amide bonds. The molecular weight excluding hydrogens is 550 g/mol. The molecule has 2 rings (SSSR count). The molecule has 7 nitrogen and oxygen atoms in total. The number of fused-ring (bicyclic) bond motifs is 1. The number of rotatable bonds is 4. The number of nitrogens with one attached hydrogen (secondary N) is 2. The molecule has 0 spiro atoms. The minimum Gasteiger partial charge on any atom is -0.504 e. The molecule has 0 bridgehead atoms. The van der Waals surface area contributed by atoms with Crippen LogP contribution in [0, 0.1) is 0 Å². The molecule has 1 aliphatic rings. The first kappa shape index (κ1) is 29.5. The molecule has 1 heterocycles. The van der Waals surface area contributed by atoms with Crippen molar-refractivity contribution in [2.75, 3.05) is 10.6 Å². The summed E-state index contributed by atoms with van der Waals surface area (Å²) in [7, 11) is 0. The first-order chi connectivity index (χ1) is 16.5. The van der Waals surface area contributed by atoms with E-state index in [-0.39, 0.29) is 6.20 Å². The molecule has 0 radical (unpaired) electrons. The molecule has 1 aromatic rings. The third-order valence-electron chi connectivity index (χ3n) is 4.36. The Bertz CT molecular complexity index is 1190. The van der Waals surface area contributed by atoms with Crippen LogP contribution in [0.4, 0.5) is 69.7 Å². The third-order valence-corrected chi connectivity index (χ3v) is 4.36. The van der Waals surface area contributed by atoms with Crippen molar-refractivity contribution in [1.29, 1.82) is 0 Å². The van der Waals surface area contributed by atoms with Crippen LogP contribution in [-0.4, -0.2) is 58.4 Å². The average molecular weight is 559 g/mol. The normalized spacial score (nSPS) is 19.8. The van der Waals surface area contributed by atoms with Crippen molar-refractivity contribution in [2.45, 2.75) is 30.4 Å². The summed E-state index contributed by atoms with van der Waals surface area (Å²) in [6.07, 6.45) is -24.2. The van der Waals surface area contributed by atoms with E-state index in [1.165, 1.54) is 5.32 Å². The van der Waals surface area contributed by atoms with Crippen molar-refractivity contribution < 1.29 is 72.5 Å². The number of carbonyl (C=O) groups excluding carboxylic acids is 2. The molecule has 37 heavy (non-hydrogen) atoms. The number of benzene rings is 1. The van der Waals surface area contributed by atoms with Crippen LogP contribution in [0.25, 0.3) is 0 Å². The minimum absolute atomic E-state index is 0.116. The van der Waals surface area contributed by atoms with Gasteiger partial charge in [0, 0.05) is 12.4 Å². The van der Waals surface area contributed by atoms with E-state index in [1.54, 1.807) is 0 Å². The van der Waals surface area contributed by atoms with E-state index in [9.17, 15) is 67.4 Å². The molecule has 0 aromatic heterocycles. The summed E-state index contributed by atoms with van der Waals surface area (Å²) in [4.78, 5) is 25.9. The maximum Gasteiger partial charge on any atom is 0.455 e. The van der Waals surface area contributed by atoms with E-state index < -0.39 is 82.2 Å². The second kappa shape index (κ2) is 9.27. The second-order valence-electron chi connectivity index (χ2n) is 6.94. The Kier molecular flexibility index (Phi) is 7.38. The van der Waals surface area contributed by atoms with Crippen LogP contribution in [0.15, 0.2) is 46.3 Å². The topological polar surface area (TPSA) is 111 Å². The van der Waals surface area contributed by atoms with Crippen LogP contribution in [0.1, 0.15) is 0 Å². The Hall–Kier alpha value is -3.77. The van der Waals surface area contributed by atoms with Gasteiger partial charge in [-0.3, -0.25) is 14.6 Å². The van der Waals surface area contributed by atoms with Gasteiger partial charge in [-0.15, -0.1) is 0 Å². The van der Waals surface area contributed by atoms with Crippen LogP contribution in [0.5, 0.6) is 0 Å². The number of hydrogen-bond acceptors (Lipinski definition) is 7. The van der Waals surface area contributed by atoms with Gasteiger partial charge in [-0.1, -0.05) is 0 Å². The monoisotopic (exact) mass is 559 g/mol. The Morgan fingerprint density at radius 1 is 0.865 bits per heavy atom. The van der Waals surface area contributed by atoms with E-state index in [0.717, 1.165) is 0 Å². The summed E-state index contributed by atoms with van der Waals surface area (Å²) >= 11 is 0. The van der Waals surface area contributed by atoms with Crippen LogP contribution in [0.2, 0.25) is 0 Å². The van der Waals surface area contributed by atoms with Crippen molar-refractivity contribution >= 4 is 34.8 Å². The van der Waals surface area contributed by atoms with Crippen LogP contribution in [-0.2, 0) is 9.59 Å². The van der Waals surface area contributed by atoms with Gasteiger partial charge in [0.15, 0.2) is 0 Å². The lowest BCUT2D eigenvalue weighted by Gasteiger charge is -2.32. The fraction of sp³-hybridized carbons (Fsp3) is 0.278. The SMILES string of the molecule is O=C(C1=CNc2ccc(N=CC(C(=O)C(F)(F)F)=C(O)C(F)(F)F)cc2NC1(O)C(F)(F)F)C(F)(F)F. The average Bonchev–Trinajstić information content (AvgIpc) is 2.86. The van der Waals surface area contributed by atoms with Crippen molar-refractivity contribution in [2.24, 2.45) is 4.99 Å². The summed E-state index contributed by atoms with van der Waals surface area (Å²) in [5, 5.41) is 22.1. The molecule has 1 atom stereocenters. The van der Waals surface area contributed by atoms with Gasteiger partial charge in [-0.05, 0) is 18.2 Å². The lowest BCUT2D eigenvalue weighted by molar-refractivity contribution is -0.235. The third kappa shape index (κ3) is 6.15. The Morgan fingerprint density at radius 2 is 1.43 bits per heavy atom. The Balaban J connectivity index is 2.60. The highest BCUT2D eigenvalue weighted by Gasteiger charge is 2.62.